The Labute approximate surface area is 145 Å². The second-order valence-corrected chi connectivity index (χ2v) is 7.97. The van der Waals surface area contributed by atoms with Crippen LogP contribution in [0.25, 0.3) is 0 Å². The first-order valence-corrected chi connectivity index (χ1v) is 9.28. The number of rotatable bonds is 2. The van der Waals surface area contributed by atoms with Gasteiger partial charge in [0.25, 0.3) is 22.2 Å². The fourth-order valence-corrected chi connectivity index (χ4v) is 4.99. The third-order valence-corrected chi connectivity index (χ3v) is 6.08. The van der Waals surface area contributed by atoms with Gasteiger partial charge in [-0.05, 0) is 24.3 Å². The molecule has 0 bridgehead atoms. The van der Waals surface area contributed by atoms with E-state index in [0.717, 1.165) is 4.90 Å². The first-order chi connectivity index (χ1) is 11.9. The lowest BCUT2D eigenvalue weighted by molar-refractivity contribution is -0.904. The van der Waals surface area contributed by atoms with Crippen LogP contribution in [-0.2, 0) is 10.0 Å². The van der Waals surface area contributed by atoms with Crippen molar-refractivity contribution >= 4 is 21.8 Å². The topological polar surface area (TPSA) is 74.5 Å². The number of amidine groups is 1. The molecule has 2 aromatic rings. The zero-order valence-corrected chi connectivity index (χ0v) is 14.6. The Morgan fingerprint density at radius 2 is 1.68 bits per heavy atom. The molecule has 0 radical (unpaired) electrons. The van der Waals surface area contributed by atoms with E-state index in [1.54, 1.807) is 62.6 Å². The summed E-state index contributed by atoms with van der Waals surface area (Å²) in [6, 6.07) is 15.5. The molecule has 2 aliphatic rings. The Morgan fingerprint density at radius 3 is 2.36 bits per heavy atom. The predicted molar refractivity (Wildman–Crippen MR) is 91.2 cm³/mol. The number of sulfonamides is 1. The maximum Gasteiger partial charge on any atom is 0.281 e. The minimum Gasteiger partial charge on any atom is -0.299 e. The van der Waals surface area contributed by atoms with Crippen molar-refractivity contribution in [3.05, 3.63) is 65.7 Å². The Kier molecular flexibility index (Phi) is 3.41. The van der Waals surface area contributed by atoms with Gasteiger partial charge in [0, 0.05) is 11.1 Å². The molecule has 1 N–H and O–H groups in total. The van der Waals surface area contributed by atoms with Crippen LogP contribution in [0, 0.1) is 0 Å². The fraction of sp³-hybridized carbons (Fsp3) is 0.176. The van der Waals surface area contributed by atoms with Gasteiger partial charge in [-0.1, -0.05) is 30.3 Å². The van der Waals surface area contributed by atoms with E-state index in [-0.39, 0.29) is 10.8 Å². The van der Waals surface area contributed by atoms with Crippen LogP contribution >= 0.6 is 0 Å². The molecule has 0 aromatic heterocycles. The molecular formula is C17H17N4O3S+. The van der Waals surface area contributed by atoms with Crippen molar-refractivity contribution in [2.75, 3.05) is 14.1 Å². The maximum absolute atomic E-state index is 13.0. The molecule has 7 nitrogen and oxygen atoms in total. The summed E-state index contributed by atoms with van der Waals surface area (Å²) in [7, 11) is -0.141. The number of fused-ring (bicyclic) bond motifs is 3. The average Bonchev–Trinajstić information content (AvgIpc) is 3.11. The van der Waals surface area contributed by atoms with Crippen LogP contribution in [0.5, 0.6) is 0 Å². The minimum absolute atomic E-state index is 0.229. The molecule has 4 rings (SSSR count). The third kappa shape index (κ3) is 2.18. The minimum atomic E-state index is -3.74. The molecule has 25 heavy (non-hydrogen) atoms. The largest absolute Gasteiger partial charge is 0.299 e. The molecule has 8 heteroatoms. The van der Waals surface area contributed by atoms with Gasteiger partial charge in [-0.15, -0.1) is 5.10 Å². The van der Waals surface area contributed by atoms with E-state index in [9.17, 15) is 13.2 Å². The smallest absolute Gasteiger partial charge is 0.281 e. The van der Waals surface area contributed by atoms with Crippen molar-refractivity contribution in [1.29, 1.82) is 0 Å². The molecular weight excluding hydrogens is 340 g/mol. The van der Waals surface area contributed by atoms with E-state index in [2.05, 4.69) is 5.10 Å². The van der Waals surface area contributed by atoms with Crippen molar-refractivity contribution in [2.45, 2.75) is 11.2 Å². The van der Waals surface area contributed by atoms with Gasteiger partial charge in [0.15, 0.2) is 5.84 Å². The van der Waals surface area contributed by atoms with Gasteiger partial charge in [-0.2, -0.15) is 9.31 Å². The summed E-state index contributed by atoms with van der Waals surface area (Å²) < 4.78 is 27.2. The van der Waals surface area contributed by atoms with Crippen molar-refractivity contribution in [3.8, 4) is 0 Å². The monoisotopic (exact) mass is 357 g/mol. The number of carbonyl (C=O) groups excluding carboxylic acids is 1. The Bertz CT molecular complexity index is 986. The fourth-order valence-electron chi connectivity index (χ4n) is 3.16. The average molecular weight is 357 g/mol. The van der Waals surface area contributed by atoms with Gasteiger partial charge >= 0.3 is 0 Å². The molecule has 0 unspecified atom stereocenters. The summed E-state index contributed by atoms with van der Waals surface area (Å²) in [6.07, 6.45) is -0.764. The Morgan fingerprint density at radius 1 is 1.04 bits per heavy atom. The maximum atomic E-state index is 13.0. The summed E-state index contributed by atoms with van der Waals surface area (Å²) >= 11 is 0. The summed E-state index contributed by atoms with van der Waals surface area (Å²) in [6.45, 7) is 0. The van der Waals surface area contributed by atoms with Crippen molar-refractivity contribution in [1.82, 2.24) is 9.31 Å². The van der Waals surface area contributed by atoms with Gasteiger partial charge in [0.05, 0.1) is 19.0 Å². The van der Waals surface area contributed by atoms with Crippen LogP contribution < -0.4 is 4.90 Å². The molecule has 2 heterocycles. The highest BCUT2D eigenvalue weighted by atomic mass is 32.2. The molecule has 0 aliphatic carbocycles. The number of hydrogen-bond acceptors (Lipinski definition) is 4. The van der Waals surface area contributed by atoms with Gasteiger partial charge in [0.1, 0.15) is 0 Å². The second-order valence-electron chi connectivity index (χ2n) is 6.19. The van der Waals surface area contributed by atoms with E-state index < -0.39 is 16.3 Å². The summed E-state index contributed by atoms with van der Waals surface area (Å²) in [5, 5.41) is 5.65. The van der Waals surface area contributed by atoms with E-state index in [1.807, 2.05) is 6.07 Å². The molecule has 2 aliphatic heterocycles. The second kappa shape index (κ2) is 5.40. The molecule has 0 saturated carbocycles. The lowest BCUT2D eigenvalue weighted by Gasteiger charge is -2.29. The van der Waals surface area contributed by atoms with Crippen LogP contribution in [0.4, 0.5) is 0 Å². The molecule has 1 atom stereocenters. The quantitative estimate of drug-likeness (QED) is 0.818. The number of nitrogens with one attached hydrogen (secondary N) is 1. The highest BCUT2D eigenvalue weighted by Gasteiger charge is 2.54. The van der Waals surface area contributed by atoms with E-state index in [1.165, 1.54) is 9.31 Å². The number of hydrazone groups is 1. The third-order valence-electron chi connectivity index (χ3n) is 4.28. The molecule has 0 saturated heterocycles. The SMILES string of the molecule is C[NH+](C)[C@@H]1N(C(=O)c2ccccc2)N=C2c3ccccc3S(=O)(=O)N21. The molecule has 0 fully saturated rings. The number of hydrogen-bond donors (Lipinski definition) is 1. The first kappa shape index (κ1) is 15.8. The van der Waals surface area contributed by atoms with E-state index in [0.29, 0.717) is 17.0 Å². The Hall–Kier alpha value is -2.71. The summed E-state index contributed by atoms with van der Waals surface area (Å²) in [5.41, 5.74) is 0.988. The van der Waals surface area contributed by atoms with Gasteiger partial charge in [-0.3, -0.25) is 9.69 Å². The molecule has 128 valence electrons. The number of amides is 1. The lowest BCUT2D eigenvalue weighted by atomic mass is 10.2. The standard InChI is InChI=1S/C17H16N4O3S/c1-19(2)17-20(16(22)12-8-4-3-5-9-12)18-15-13-10-6-7-11-14(13)25(23,24)21(15)17/h3-11,17H,1-2H3/p+1/t17-/m1/s1. The van der Waals surface area contributed by atoms with E-state index in [4.69, 9.17) is 0 Å². The zero-order valence-electron chi connectivity index (χ0n) is 13.7. The lowest BCUT2D eigenvalue weighted by Crippen LogP contribution is -3.13. The molecule has 0 spiro atoms. The van der Waals surface area contributed by atoms with E-state index >= 15 is 0 Å². The van der Waals surface area contributed by atoms with Gasteiger partial charge in [0.2, 0.25) is 0 Å². The highest BCUT2D eigenvalue weighted by Crippen LogP contribution is 2.35. The summed E-state index contributed by atoms with van der Waals surface area (Å²) in [4.78, 5) is 13.9. The predicted octanol–water partition coefficient (Wildman–Crippen LogP) is -0.0634. The molecule has 2 aromatic carbocycles. The number of benzene rings is 2. The number of quaternary nitrogens is 1. The van der Waals surface area contributed by atoms with Gasteiger partial charge < -0.3 is 0 Å². The zero-order chi connectivity index (χ0) is 17.8. The van der Waals surface area contributed by atoms with Crippen LogP contribution in [-0.4, -0.2) is 49.9 Å². The number of nitrogens with zero attached hydrogens (tertiary/aromatic N) is 3. The van der Waals surface area contributed by atoms with Crippen molar-refractivity contribution in [3.63, 3.8) is 0 Å². The Balaban J connectivity index is 1.87. The first-order valence-electron chi connectivity index (χ1n) is 7.84. The van der Waals surface area contributed by atoms with Crippen LogP contribution in [0.2, 0.25) is 0 Å². The van der Waals surface area contributed by atoms with Gasteiger partial charge in [-0.25, -0.2) is 8.42 Å². The van der Waals surface area contributed by atoms with Crippen LogP contribution in [0.15, 0.2) is 64.6 Å². The number of carbonyl (C=O) groups is 1. The van der Waals surface area contributed by atoms with Crippen molar-refractivity contribution in [2.24, 2.45) is 5.10 Å². The van der Waals surface area contributed by atoms with Crippen molar-refractivity contribution < 1.29 is 18.1 Å². The van der Waals surface area contributed by atoms with Crippen LogP contribution in [0.1, 0.15) is 15.9 Å². The van der Waals surface area contributed by atoms with Crippen LogP contribution in [0.3, 0.4) is 0 Å². The summed E-state index contributed by atoms with van der Waals surface area (Å²) in [5.74, 6) is -0.0348. The highest BCUT2D eigenvalue weighted by molar-refractivity contribution is 7.90. The molecule has 1 amide bonds. The normalized spacial score (nSPS) is 20.4.